The van der Waals surface area contributed by atoms with Crippen molar-refractivity contribution >= 4 is 40.6 Å². The summed E-state index contributed by atoms with van der Waals surface area (Å²) >= 11 is 0. The Balaban J connectivity index is 2.31. The van der Waals surface area contributed by atoms with Gasteiger partial charge in [0.2, 0.25) is 17.7 Å². The van der Waals surface area contributed by atoms with Crippen molar-refractivity contribution in [1.82, 2.24) is 20.9 Å². The molecule has 5 atom stereocenters. The summed E-state index contributed by atoms with van der Waals surface area (Å²) < 4.78 is 0. The molecule has 0 fully saturated rings. The average molecular weight is 518 g/mol. The fourth-order valence-corrected chi connectivity index (χ4v) is 3.69. The zero-order valence-corrected chi connectivity index (χ0v) is 21.1. The summed E-state index contributed by atoms with van der Waals surface area (Å²) in [7, 11) is 0. The van der Waals surface area contributed by atoms with E-state index in [-0.39, 0.29) is 18.8 Å². The monoisotopic (exact) mass is 517 g/mol. The van der Waals surface area contributed by atoms with Gasteiger partial charge in [0, 0.05) is 29.9 Å². The lowest BCUT2D eigenvalue weighted by Gasteiger charge is -2.25. The number of amides is 3. The largest absolute Gasteiger partial charge is 0.481 e. The van der Waals surface area contributed by atoms with Crippen LogP contribution in [0, 0.1) is 5.92 Å². The third-order valence-electron chi connectivity index (χ3n) is 6.30. The molecule has 0 spiro atoms. The van der Waals surface area contributed by atoms with Crippen LogP contribution in [-0.2, 0) is 30.4 Å². The number of aromatic nitrogens is 1. The van der Waals surface area contributed by atoms with E-state index in [0.29, 0.717) is 6.42 Å². The Hall–Kier alpha value is -3.93. The van der Waals surface area contributed by atoms with E-state index in [1.54, 1.807) is 6.20 Å². The number of rotatable bonds is 14. The minimum atomic E-state index is -1.34. The summed E-state index contributed by atoms with van der Waals surface area (Å²) in [6, 6.07) is 2.80. The van der Waals surface area contributed by atoms with Crippen molar-refractivity contribution in [2.45, 2.75) is 70.6 Å². The van der Waals surface area contributed by atoms with Crippen molar-refractivity contribution in [3.05, 3.63) is 36.0 Å². The van der Waals surface area contributed by atoms with Crippen molar-refractivity contribution in [2.75, 3.05) is 0 Å². The van der Waals surface area contributed by atoms with E-state index < -0.39 is 60.2 Å². The number of carbonyl (C=O) groups excluding carboxylic acids is 3. The molecule has 0 aliphatic rings. The number of carboxylic acid groups (broad SMARTS) is 2. The molecule has 3 amide bonds. The number of para-hydroxylation sites is 1. The molecule has 1 heterocycles. The van der Waals surface area contributed by atoms with Gasteiger partial charge in [0.05, 0.1) is 6.04 Å². The Labute approximate surface area is 214 Å². The van der Waals surface area contributed by atoms with Crippen LogP contribution in [0.3, 0.4) is 0 Å². The van der Waals surface area contributed by atoms with Crippen LogP contribution in [0.5, 0.6) is 0 Å². The molecule has 5 unspecified atom stereocenters. The summed E-state index contributed by atoms with van der Waals surface area (Å²) in [6.45, 7) is 4.94. The van der Waals surface area contributed by atoms with Gasteiger partial charge in [-0.05, 0) is 30.9 Å². The van der Waals surface area contributed by atoms with E-state index in [1.165, 1.54) is 6.92 Å². The number of hydrogen-bond acceptors (Lipinski definition) is 6. The summed E-state index contributed by atoms with van der Waals surface area (Å²) in [5.74, 6) is -4.76. The predicted molar refractivity (Wildman–Crippen MR) is 135 cm³/mol. The van der Waals surface area contributed by atoms with Gasteiger partial charge in [-0.3, -0.25) is 24.0 Å². The fraction of sp³-hybridized carbons (Fsp3) is 0.480. The third-order valence-corrected chi connectivity index (χ3v) is 6.30. The minimum absolute atomic E-state index is 0.0631. The van der Waals surface area contributed by atoms with Gasteiger partial charge in [0.1, 0.15) is 18.1 Å². The first-order valence-corrected chi connectivity index (χ1v) is 12.1. The number of benzene rings is 1. The number of nitrogens with one attached hydrogen (secondary N) is 4. The third kappa shape index (κ3) is 8.31. The van der Waals surface area contributed by atoms with Gasteiger partial charge in [-0.25, -0.2) is 0 Å². The van der Waals surface area contributed by atoms with Crippen LogP contribution in [0.4, 0.5) is 0 Å². The molecule has 202 valence electrons. The summed E-state index contributed by atoms with van der Waals surface area (Å²) in [5, 5.41) is 26.4. The highest BCUT2D eigenvalue weighted by Crippen LogP contribution is 2.19. The normalized spacial score (nSPS) is 15.1. The van der Waals surface area contributed by atoms with E-state index >= 15 is 0 Å². The molecule has 1 aromatic heterocycles. The first kappa shape index (κ1) is 29.3. The van der Waals surface area contributed by atoms with Crippen LogP contribution in [-0.4, -0.2) is 69.0 Å². The van der Waals surface area contributed by atoms with Crippen molar-refractivity contribution < 1.29 is 34.2 Å². The standard InChI is InChI=1S/C25H35N5O7/c1-4-13(2)21(26)24(35)30-19(11-15-12-27-17-8-6-5-7-16(15)17)23(34)29-18(9-10-20(31)32)22(33)28-14(3)25(36)37/h5-8,12-14,18-19,21,27H,4,9-11,26H2,1-3H3,(H,28,33)(H,29,34)(H,30,35)(H,31,32)(H,36,37). The molecule has 12 nitrogen and oxygen atoms in total. The molecule has 0 aliphatic heterocycles. The molecular weight excluding hydrogens is 482 g/mol. The molecule has 0 saturated heterocycles. The number of nitrogens with two attached hydrogens (primary N) is 1. The summed E-state index contributed by atoms with van der Waals surface area (Å²) in [4.78, 5) is 64.3. The quantitative estimate of drug-likeness (QED) is 0.188. The van der Waals surface area contributed by atoms with Crippen LogP contribution >= 0.6 is 0 Å². The number of H-pyrrole nitrogens is 1. The van der Waals surface area contributed by atoms with Crippen LogP contribution < -0.4 is 21.7 Å². The number of aromatic amines is 1. The molecular formula is C25H35N5O7. The zero-order chi connectivity index (χ0) is 27.7. The van der Waals surface area contributed by atoms with Gasteiger partial charge in [-0.2, -0.15) is 0 Å². The van der Waals surface area contributed by atoms with Gasteiger partial charge in [0.15, 0.2) is 0 Å². The molecule has 0 bridgehead atoms. The molecule has 0 saturated carbocycles. The Morgan fingerprint density at radius 3 is 2.19 bits per heavy atom. The van der Waals surface area contributed by atoms with E-state index in [9.17, 15) is 24.0 Å². The van der Waals surface area contributed by atoms with Crippen molar-refractivity contribution in [2.24, 2.45) is 11.7 Å². The van der Waals surface area contributed by atoms with Crippen LogP contribution in [0.2, 0.25) is 0 Å². The van der Waals surface area contributed by atoms with E-state index in [4.69, 9.17) is 15.9 Å². The number of carboxylic acids is 2. The Morgan fingerprint density at radius 1 is 0.946 bits per heavy atom. The first-order valence-electron chi connectivity index (χ1n) is 12.1. The molecule has 0 aliphatic carbocycles. The SMILES string of the molecule is CCC(C)C(N)C(=O)NC(Cc1c[nH]c2ccccc12)C(=O)NC(CCC(=O)O)C(=O)NC(C)C(=O)O. The maximum Gasteiger partial charge on any atom is 0.325 e. The Bertz CT molecular complexity index is 1130. The lowest BCUT2D eigenvalue weighted by molar-refractivity contribution is -0.142. The number of fused-ring (bicyclic) bond motifs is 1. The van der Waals surface area contributed by atoms with Gasteiger partial charge < -0.3 is 36.9 Å². The second-order valence-electron chi connectivity index (χ2n) is 9.10. The van der Waals surface area contributed by atoms with E-state index in [0.717, 1.165) is 16.5 Å². The Morgan fingerprint density at radius 2 is 1.57 bits per heavy atom. The Kier molecular flexibility index (Phi) is 10.6. The van der Waals surface area contributed by atoms with Crippen molar-refractivity contribution in [3.8, 4) is 0 Å². The van der Waals surface area contributed by atoms with E-state index in [1.807, 2.05) is 38.1 Å². The van der Waals surface area contributed by atoms with Crippen LogP contribution in [0.15, 0.2) is 30.5 Å². The molecule has 8 N–H and O–H groups in total. The smallest absolute Gasteiger partial charge is 0.325 e. The van der Waals surface area contributed by atoms with Crippen molar-refractivity contribution in [1.29, 1.82) is 0 Å². The van der Waals surface area contributed by atoms with Crippen LogP contribution in [0.25, 0.3) is 10.9 Å². The molecule has 1 aromatic carbocycles. The summed E-state index contributed by atoms with van der Waals surface area (Å²) in [5.41, 5.74) is 7.63. The number of hydrogen-bond donors (Lipinski definition) is 7. The summed E-state index contributed by atoms with van der Waals surface area (Å²) in [6.07, 6.45) is 1.70. The maximum atomic E-state index is 13.4. The van der Waals surface area contributed by atoms with E-state index in [2.05, 4.69) is 20.9 Å². The molecule has 0 radical (unpaired) electrons. The first-order chi connectivity index (χ1) is 17.4. The lowest BCUT2D eigenvalue weighted by atomic mass is 9.98. The lowest BCUT2D eigenvalue weighted by Crippen LogP contribution is -2.58. The number of aliphatic carboxylic acids is 2. The van der Waals surface area contributed by atoms with Gasteiger partial charge >= 0.3 is 11.9 Å². The topological polar surface area (TPSA) is 204 Å². The maximum absolute atomic E-state index is 13.4. The predicted octanol–water partition coefficient (Wildman–Crippen LogP) is 0.508. The highest BCUT2D eigenvalue weighted by molar-refractivity contribution is 5.95. The van der Waals surface area contributed by atoms with Gasteiger partial charge in [0.25, 0.3) is 0 Å². The molecule has 37 heavy (non-hydrogen) atoms. The second-order valence-corrected chi connectivity index (χ2v) is 9.10. The number of carbonyl (C=O) groups is 5. The average Bonchev–Trinajstić information content (AvgIpc) is 3.27. The van der Waals surface area contributed by atoms with Gasteiger partial charge in [-0.15, -0.1) is 0 Å². The molecule has 12 heteroatoms. The van der Waals surface area contributed by atoms with Crippen LogP contribution in [0.1, 0.15) is 45.6 Å². The second kappa shape index (κ2) is 13.4. The molecule has 2 aromatic rings. The van der Waals surface area contributed by atoms with Gasteiger partial charge in [-0.1, -0.05) is 38.5 Å². The fourth-order valence-electron chi connectivity index (χ4n) is 3.69. The highest BCUT2D eigenvalue weighted by atomic mass is 16.4. The molecule has 2 rings (SSSR count). The highest BCUT2D eigenvalue weighted by Gasteiger charge is 2.31. The van der Waals surface area contributed by atoms with Crippen molar-refractivity contribution in [3.63, 3.8) is 0 Å². The zero-order valence-electron chi connectivity index (χ0n) is 21.1. The minimum Gasteiger partial charge on any atom is -0.481 e.